The highest BCUT2D eigenvalue weighted by Gasteiger charge is 2.21. The van der Waals surface area contributed by atoms with Crippen LogP contribution in [0, 0.1) is 6.92 Å². The Bertz CT molecular complexity index is 780. The molecule has 5 nitrogen and oxygen atoms in total. The number of rotatable bonds is 6. The Morgan fingerprint density at radius 2 is 1.96 bits per heavy atom. The van der Waals surface area contributed by atoms with Gasteiger partial charge in [0.1, 0.15) is 12.1 Å². The fraction of sp³-hybridized carbons (Fsp3) is 0.409. The topological polar surface area (TPSA) is 58.1 Å². The van der Waals surface area contributed by atoms with Crippen molar-refractivity contribution in [2.45, 2.75) is 45.6 Å². The Morgan fingerprint density at radius 1 is 1.22 bits per heavy atom. The number of hydrogen-bond acceptors (Lipinski definition) is 4. The monoisotopic (exact) mass is 364 g/mol. The molecule has 1 saturated heterocycles. The van der Waals surface area contributed by atoms with E-state index in [2.05, 4.69) is 44.5 Å². The van der Waals surface area contributed by atoms with E-state index in [1.807, 2.05) is 26.0 Å². The van der Waals surface area contributed by atoms with Crippen LogP contribution in [0.4, 0.5) is 5.82 Å². The first-order chi connectivity index (χ1) is 13.1. The Labute approximate surface area is 161 Å². The maximum Gasteiger partial charge on any atom is 0.244 e. The van der Waals surface area contributed by atoms with Crippen molar-refractivity contribution in [3.8, 4) is 0 Å². The second-order valence-electron chi connectivity index (χ2n) is 7.26. The van der Waals surface area contributed by atoms with Crippen molar-refractivity contribution in [2.24, 2.45) is 0 Å². The number of carbonyl (C=O) groups excluding carboxylic acids is 1. The van der Waals surface area contributed by atoms with Gasteiger partial charge < -0.3 is 10.2 Å². The molecule has 0 bridgehead atoms. The summed E-state index contributed by atoms with van der Waals surface area (Å²) < 4.78 is 0. The maximum absolute atomic E-state index is 12.3. The summed E-state index contributed by atoms with van der Waals surface area (Å²) in [6.07, 6.45) is 7.11. The van der Waals surface area contributed by atoms with E-state index in [0.29, 0.717) is 0 Å². The molecule has 1 aliphatic rings. The van der Waals surface area contributed by atoms with E-state index in [-0.39, 0.29) is 11.9 Å². The molecule has 2 heterocycles. The number of nitrogens with one attached hydrogen (secondary N) is 1. The first-order valence-electron chi connectivity index (χ1n) is 9.65. The lowest BCUT2D eigenvalue weighted by Gasteiger charge is -2.33. The highest BCUT2D eigenvalue weighted by Crippen LogP contribution is 2.18. The average molecular weight is 364 g/mol. The van der Waals surface area contributed by atoms with Gasteiger partial charge in [-0.25, -0.2) is 9.97 Å². The number of allylic oxidation sites excluding steroid dienone is 1. The van der Waals surface area contributed by atoms with Crippen LogP contribution >= 0.6 is 0 Å². The number of piperidine rings is 1. The summed E-state index contributed by atoms with van der Waals surface area (Å²) in [7, 11) is 0. The van der Waals surface area contributed by atoms with Crippen molar-refractivity contribution >= 4 is 11.7 Å². The third-order valence-electron chi connectivity index (χ3n) is 4.98. The van der Waals surface area contributed by atoms with Crippen molar-refractivity contribution in [1.29, 1.82) is 0 Å². The molecule has 1 aliphatic heterocycles. The van der Waals surface area contributed by atoms with Crippen LogP contribution in [-0.2, 0) is 11.2 Å². The second-order valence-corrected chi connectivity index (χ2v) is 7.26. The van der Waals surface area contributed by atoms with Crippen LogP contribution in [0.5, 0.6) is 0 Å². The van der Waals surface area contributed by atoms with Crippen molar-refractivity contribution in [2.75, 3.05) is 18.0 Å². The predicted molar refractivity (Wildman–Crippen MR) is 109 cm³/mol. The summed E-state index contributed by atoms with van der Waals surface area (Å²) in [6, 6.07) is 12.6. The first-order valence-corrected chi connectivity index (χ1v) is 9.65. The van der Waals surface area contributed by atoms with Crippen molar-refractivity contribution < 1.29 is 4.79 Å². The van der Waals surface area contributed by atoms with Crippen LogP contribution in [0.15, 0.2) is 54.4 Å². The Morgan fingerprint density at radius 3 is 2.67 bits per heavy atom. The van der Waals surface area contributed by atoms with Crippen molar-refractivity contribution in [3.63, 3.8) is 0 Å². The molecule has 0 atom stereocenters. The lowest BCUT2D eigenvalue weighted by atomic mass is 10.0. The number of nitrogens with zero attached hydrogens (tertiary/aromatic N) is 3. The fourth-order valence-corrected chi connectivity index (χ4v) is 3.39. The van der Waals surface area contributed by atoms with Gasteiger partial charge in [0, 0.05) is 37.0 Å². The maximum atomic E-state index is 12.3. The third kappa shape index (κ3) is 5.91. The zero-order chi connectivity index (χ0) is 19.1. The standard InChI is InChI=1S/C22H28N4O/c1-17(8-9-19-6-4-3-5-7-19)14-22(27)25-20-10-12-26(13-11-20)21-15-18(2)23-16-24-21/h3-7,14-16,20H,8-13H2,1-2H3,(H,25,27)/b17-14-. The van der Waals surface area contributed by atoms with Gasteiger partial charge in [0.25, 0.3) is 0 Å². The molecule has 2 aromatic rings. The quantitative estimate of drug-likeness (QED) is 0.798. The molecule has 142 valence electrons. The SMILES string of the molecule is C/C(=C/C(=O)NC1CCN(c2cc(C)ncn2)CC1)CCc1ccccc1. The molecule has 27 heavy (non-hydrogen) atoms. The van der Waals surface area contributed by atoms with Crippen LogP contribution in [0.3, 0.4) is 0 Å². The molecule has 3 rings (SSSR count). The molecule has 5 heteroatoms. The summed E-state index contributed by atoms with van der Waals surface area (Å²) in [5.41, 5.74) is 3.40. The van der Waals surface area contributed by atoms with E-state index < -0.39 is 0 Å². The van der Waals surface area contributed by atoms with Crippen LogP contribution in [0.2, 0.25) is 0 Å². The van der Waals surface area contributed by atoms with E-state index in [4.69, 9.17) is 0 Å². The molecule has 1 aromatic heterocycles. The highest BCUT2D eigenvalue weighted by molar-refractivity contribution is 5.88. The molecule has 0 aliphatic carbocycles. The van der Waals surface area contributed by atoms with Gasteiger partial charge in [-0.1, -0.05) is 35.9 Å². The van der Waals surface area contributed by atoms with Gasteiger partial charge in [-0.15, -0.1) is 0 Å². The Balaban J connectivity index is 1.43. The minimum atomic E-state index is 0.0249. The van der Waals surface area contributed by atoms with E-state index in [9.17, 15) is 4.79 Å². The van der Waals surface area contributed by atoms with Gasteiger partial charge in [0.2, 0.25) is 5.91 Å². The van der Waals surface area contributed by atoms with E-state index in [0.717, 1.165) is 55.9 Å². The summed E-state index contributed by atoms with van der Waals surface area (Å²) in [5, 5.41) is 3.16. The molecule has 0 spiro atoms. The highest BCUT2D eigenvalue weighted by atomic mass is 16.1. The zero-order valence-corrected chi connectivity index (χ0v) is 16.2. The number of aryl methyl sites for hydroxylation is 2. The molecular weight excluding hydrogens is 336 g/mol. The number of anilines is 1. The number of hydrogen-bond donors (Lipinski definition) is 1. The third-order valence-corrected chi connectivity index (χ3v) is 4.98. The first kappa shape index (κ1) is 19.1. The number of amides is 1. The van der Waals surface area contributed by atoms with Gasteiger partial charge in [-0.3, -0.25) is 4.79 Å². The van der Waals surface area contributed by atoms with E-state index in [1.54, 1.807) is 12.4 Å². The summed E-state index contributed by atoms with van der Waals surface area (Å²) in [6.45, 7) is 5.81. The number of aromatic nitrogens is 2. The number of carbonyl (C=O) groups is 1. The molecule has 1 aromatic carbocycles. The fourth-order valence-electron chi connectivity index (χ4n) is 3.39. The summed E-state index contributed by atoms with van der Waals surface area (Å²) in [4.78, 5) is 23.1. The molecule has 0 radical (unpaired) electrons. The molecule has 1 N–H and O–H groups in total. The van der Waals surface area contributed by atoms with Crippen LogP contribution in [-0.4, -0.2) is 35.0 Å². The zero-order valence-electron chi connectivity index (χ0n) is 16.2. The molecule has 1 fully saturated rings. The van der Waals surface area contributed by atoms with E-state index >= 15 is 0 Å². The second kappa shape index (κ2) is 9.31. The van der Waals surface area contributed by atoms with Crippen LogP contribution in [0.1, 0.15) is 37.4 Å². The van der Waals surface area contributed by atoms with Crippen LogP contribution < -0.4 is 10.2 Å². The molecule has 1 amide bonds. The largest absolute Gasteiger partial charge is 0.356 e. The minimum absolute atomic E-state index is 0.0249. The lowest BCUT2D eigenvalue weighted by molar-refractivity contribution is -0.117. The molecular formula is C22H28N4O. The van der Waals surface area contributed by atoms with Gasteiger partial charge in [-0.05, 0) is 45.1 Å². The lowest BCUT2D eigenvalue weighted by Crippen LogP contribution is -2.44. The minimum Gasteiger partial charge on any atom is -0.356 e. The molecule has 0 unspecified atom stereocenters. The molecule has 0 saturated carbocycles. The summed E-state index contributed by atoms with van der Waals surface area (Å²) >= 11 is 0. The van der Waals surface area contributed by atoms with Gasteiger partial charge in [0.05, 0.1) is 0 Å². The average Bonchev–Trinajstić information content (AvgIpc) is 2.68. The van der Waals surface area contributed by atoms with E-state index in [1.165, 1.54) is 5.56 Å². The Hall–Kier alpha value is -2.69. The normalized spacial score (nSPS) is 15.6. The smallest absolute Gasteiger partial charge is 0.244 e. The van der Waals surface area contributed by atoms with Crippen LogP contribution in [0.25, 0.3) is 0 Å². The Kier molecular flexibility index (Phi) is 6.58. The van der Waals surface area contributed by atoms with Gasteiger partial charge in [-0.2, -0.15) is 0 Å². The van der Waals surface area contributed by atoms with Gasteiger partial charge >= 0.3 is 0 Å². The van der Waals surface area contributed by atoms with Gasteiger partial charge in [0.15, 0.2) is 0 Å². The van der Waals surface area contributed by atoms with Crippen molar-refractivity contribution in [1.82, 2.24) is 15.3 Å². The number of benzene rings is 1. The summed E-state index contributed by atoms with van der Waals surface area (Å²) in [5.74, 6) is 1.00. The van der Waals surface area contributed by atoms with Crippen molar-refractivity contribution in [3.05, 3.63) is 65.6 Å². The predicted octanol–water partition coefficient (Wildman–Crippen LogP) is 3.45.